The number of aromatic hydroxyl groups is 1. The van der Waals surface area contributed by atoms with Crippen molar-refractivity contribution in [2.75, 3.05) is 50.0 Å². The van der Waals surface area contributed by atoms with Gasteiger partial charge in [-0.15, -0.1) is 16.4 Å². The molecule has 0 radical (unpaired) electrons. The monoisotopic (exact) mass is 494 g/mol. The number of fused-ring (bicyclic) bond motifs is 1. The Morgan fingerprint density at radius 1 is 1.09 bits per heavy atom. The van der Waals surface area contributed by atoms with Crippen molar-refractivity contribution in [1.29, 1.82) is 0 Å². The second kappa shape index (κ2) is 9.32. The van der Waals surface area contributed by atoms with Crippen molar-refractivity contribution in [3.8, 4) is 17.1 Å². The molecule has 0 atom stereocenters. The van der Waals surface area contributed by atoms with Crippen LogP contribution in [-0.4, -0.2) is 84.3 Å². The molecule has 0 saturated carbocycles. The number of nitrogens with two attached hydrogens (primary N) is 1. The lowest BCUT2D eigenvalue weighted by molar-refractivity contribution is 0.122. The Labute approximate surface area is 205 Å². The molecule has 2 fully saturated rings. The van der Waals surface area contributed by atoms with Crippen LogP contribution in [0, 0.1) is 0 Å². The van der Waals surface area contributed by atoms with Crippen LogP contribution >= 0.6 is 11.3 Å². The number of hydrogen-bond donors (Lipinski definition) is 2. The minimum Gasteiger partial charge on any atom is -0.506 e. The first-order valence-corrected chi connectivity index (χ1v) is 12.5. The maximum atomic E-state index is 9.97. The van der Waals surface area contributed by atoms with E-state index in [0.29, 0.717) is 40.9 Å². The van der Waals surface area contributed by atoms with E-state index < -0.39 is 0 Å². The Bertz CT molecular complexity index is 1330. The third-order valence-corrected chi connectivity index (χ3v) is 7.26. The molecular weight excluding hydrogens is 468 g/mol. The molecule has 2 aliphatic rings. The molecule has 12 nitrogen and oxygen atoms in total. The standard InChI is InChI=1S/C22H26N10O2S/c23-22-25-12-17(35-22)13-30-3-1-15(2-4-30)32-21-18(28-29-32)20(31-5-7-34-8-6-31)26-19(27-21)14-9-16(33)11-24-10-14/h9-12,15,33H,1-8,13H2,(H2,23,25). The lowest BCUT2D eigenvalue weighted by atomic mass is 10.1. The number of anilines is 2. The molecule has 0 aromatic carbocycles. The molecule has 4 aromatic heterocycles. The number of nitrogens with zero attached hydrogens (tertiary/aromatic N) is 9. The summed E-state index contributed by atoms with van der Waals surface area (Å²) in [5.74, 6) is 1.30. The number of piperidine rings is 1. The maximum absolute atomic E-state index is 9.97. The van der Waals surface area contributed by atoms with Gasteiger partial charge in [0.05, 0.1) is 25.5 Å². The highest BCUT2D eigenvalue weighted by Gasteiger charge is 2.27. The summed E-state index contributed by atoms with van der Waals surface area (Å²) in [5, 5.41) is 19.6. The van der Waals surface area contributed by atoms with Gasteiger partial charge >= 0.3 is 0 Å². The number of likely N-dealkylation sites (tertiary alicyclic amines) is 1. The maximum Gasteiger partial charge on any atom is 0.184 e. The molecule has 0 aliphatic carbocycles. The van der Waals surface area contributed by atoms with E-state index in [0.717, 1.165) is 51.4 Å². The van der Waals surface area contributed by atoms with Gasteiger partial charge in [0.25, 0.3) is 0 Å². The van der Waals surface area contributed by atoms with E-state index in [2.05, 4.69) is 30.1 Å². The number of morpholine rings is 1. The van der Waals surface area contributed by atoms with E-state index in [-0.39, 0.29) is 11.8 Å². The number of pyridine rings is 1. The van der Waals surface area contributed by atoms with Gasteiger partial charge in [0, 0.05) is 55.6 Å². The molecule has 6 heterocycles. The predicted molar refractivity (Wildman–Crippen MR) is 131 cm³/mol. The fraction of sp³-hybridized carbons (Fsp3) is 0.455. The molecular formula is C22H26N10O2S. The van der Waals surface area contributed by atoms with Gasteiger partial charge in [-0.25, -0.2) is 19.6 Å². The number of aromatic nitrogens is 7. The second-order valence-electron chi connectivity index (χ2n) is 8.78. The molecule has 3 N–H and O–H groups in total. The van der Waals surface area contributed by atoms with Crippen LogP contribution in [0.4, 0.5) is 10.9 Å². The largest absolute Gasteiger partial charge is 0.506 e. The third-order valence-electron chi connectivity index (χ3n) is 6.45. The summed E-state index contributed by atoms with van der Waals surface area (Å²) in [7, 11) is 0. The normalized spacial score (nSPS) is 17.9. The van der Waals surface area contributed by atoms with Gasteiger partial charge in [0.1, 0.15) is 5.75 Å². The summed E-state index contributed by atoms with van der Waals surface area (Å²) in [5.41, 5.74) is 7.82. The smallest absolute Gasteiger partial charge is 0.184 e. The number of hydrogen-bond acceptors (Lipinski definition) is 12. The van der Waals surface area contributed by atoms with Crippen molar-refractivity contribution < 1.29 is 9.84 Å². The van der Waals surface area contributed by atoms with Crippen LogP contribution in [-0.2, 0) is 11.3 Å². The van der Waals surface area contributed by atoms with Crippen LogP contribution in [0.15, 0.2) is 24.7 Å². The van der Waals surface area contributed by atoms with Gasteiger partial charge in [-0.1, -0.05) is 5.21 Å². The van der Waals surface area contributed by atoms with Gasteiger partial charge in [-0.05, 0) is 18.9 Å². The highest BCUT2D eigenvalue weighted by molar-refractivity contribution is 7.15. The first-order valence-electron chi connectivity index (χ1n) is 11.7. The zero-order valence-corrected chi connectivity index (χ0v) is 19.9. The van der Waals surface area contributed by atoms with E-state index in [1.807, 2.05) is 10.9 Å². The lowest BCUT2D eigenvalue weighted by Crippen LogP contribution is -2.37. The Balaban J connectivity index is 1.31. The second-order valence-corrected chi connectivity index (χ2v) is 9.93. The number of ether oxygens (including phenoxy) is 1. The highest BCUT2D eigenvalue weighted by Crippen LogP contribution is 2.31. The van der Waals surface area contributed by atoms with E-state index in [1.165, 1.54) is 11.1 Å². The fourth-order valence-electron chi connectivity index (χ4n) is 4.67. The predicted octanol–water partition coefficient (Wildman–Crippen LogP) is 1.70. The molecule has 0 spiro atoms. The molecule has 13 heteroatoms. The van der Waals surface area contributed by atoms with Gasteiger partial charge in [-0.3, -0.25) is 9.88 Å². The molecule has 2 aliphatic heterocycles. The SMILES string of the molecule is Nc1ncc(CN2CCC(n3nnc4c(N5CCOCC5)nc(-c5cncc(O)c5)nc43)CC2)s1. The van der Waals surface area contributed by atoms with Crippen molar-refractivity contribution in [3.63, 3.8) is 0 Å². The van der Waals surface area contributed by atoms with E-state index >= 15 is 0 Å². The lowest BCUT2D eigenvalue weighted by Gasteiger charge is -2.31. The molecule has 35 heavy (non-hydrogen) atoms. The topological polar surface area (TPSA) is 144 Å². The molecule has 6 rings (SSSR count). The first kappa shape index (κ1) is 22.1. The van der Waals surface area contributed by atoms with E-state index in [4.69, 9.17) is 20.4 Å². The van der Waals surface area contributed by atoms with Crippen molar-refractivity contribution in [3.05, 3.63) is 29.5 Å². The molecule has 182 valence electrons. The zero-order valence-electron chi connectivity index (χ0n) is 19.1. The Kier molecular flexibility index (Phi) is 5.88. The van der Waals surface area contributed by atoms with E-state index in [9.17, 15) is 5.11 Å². The third kappa shape index (κ3) is 4.49. The number of thiazole rings is 1. The van der Waals surface area contributed by atoms with E-state index in [1.54, 1.807) is 23.6 Å². The molecule has 4 aromatic rings. The van der Waals surface area contributed by atoms with Crippen LogP contribution in [0.5, 0.6) is 5.75 Å². The Hall–Kier alpha value is -3.42. The molecule has 0 unspecified atom stereocenters. The molecule has 0 bridgehead atoms. The first-order chi connectivity index (χ1) is 17.1. The highest BCUT2D eigenvalue weighted by atomic mass is 32.1. The van der Waals surface area contributed by atoms with Crippen molar-refractivity contribution in [2.24, 2.45) is 0 Å². The van der Waals surface area contributed by atoms with Crippen LogP contribution in [0.25, 0.3) is 22.6 Å². The minimum absolute atomic E-state index is 0.0702. The van der Waals surface area contributed by atoms with Crippen molar-refractivity contribution in [2.45, 2.75) is 25.4 Å². The zero-order chi connectivity index (χ0) is 23.8. The Morgan fingerprint density at radius 2 is 1.91 bits per heavy atom. The summed E-state index contributed by atoms with van der Waals surface area (Å²) in [6, 6.07) is 1.81. The van der Waals surface area contributed by atoms with Crippen molar-refractivity contribution >= 4 is 33.5 Å². The van der Waals surface area contributed by atoms with Crippen LogP contribution in [0.1, 0.15) is 23.8 Å². The quantitative estimate of drug-likeness (QED) is 0.418. The number of nitrogen functional groups attached to an aromatic ring is 1. The fourth-order valence-corrected chi connectivity index (χ4v) is 5.40. The van der Waals surface area contributed by atoms with Gasteiger partial charge in [0.15, 0.2) is 27.9 Å². The summed E-state index contributed by atoms with van der Waals surface area (Å²) in [6.07, 6.45) is 6.78. The molecule has 0 amide bonds. The average molecular weight is 495 g/mol. The van der Waals surface area contributed by atoms with Gasteiger partial charge in [0.2, 0.25) is 0 Å². The van der Waals surface area contributed by atoms with Gasteiger partial charge < -0.3 is 20.5 Å². The molecule has 2 saturated heterocycles. The summed E-state index contributed by atoms with van der Waals surface area (Å²) >= 11 is 1.54. The summed E-state index contributed by atoms with van der Waals surface area (Å²) in [4.78, 5) is 23.7. The van der Waals surface area contributed by atoms with Crippen molar-refractivity contribution in [1.82, 2.24) is 39.8 Å². The Morgan fingerprint density at radius 3 is 2.66 bits per heavy atom. The average Bonchev–Trinajstić information content (AvgIpc) is 3.50. The summed E-state index contributed by atoms with van der Waals surface area (Å²) in [6.45, 7) is 5.44. The summed E-state index contributed by atoms with van der Waals surface area (Å²) < 4.78 is 7.48. The minimum atomic E-state index is 0.0702. The van der Waals surface area contributed by atoms with Crippen LogP contribution in [0.3, 0.4) is 0 Å². The number of rotatable bonds is 5. The van der Waals surface area contributed by atoms with Crippen LogP contribution < -0.4 is 10.6 Å². The van der Waals surface area contributed by atoms with Gasteiger partial charge in [-0.2, -0.15) is 0 Å². The van der Waals surface area contributed by atoms with Crippen LogP contribution in [0.2, 0.25) is 0 Å².